The molecule has 0 spiro atoms. The number of unbranched alkanes of at least 4 members (excludes halogenated alkanes) is 1. The standard InChI is InChI=1S/C26H32N2O5S/c1-3-4-13-22(24(29)27-23(25(30)31)14-15-34-2)28-26(32)33-16-21-19-11-7-5-9-17(19)18-10-6-8-12-20(18)21/h5-12,21-23H,3-4,13-16H2,1-2H3,(H,27,29)(H,28,32)(H,30,31)/t22?,23-/m1/s1. The first-order valence-electron chi connectivity index (χ1n) is 11.6. The average molecular weight is 485 g/mol. The highest BCUT2D eigenvalue weighted by molar-refractivity contribution is 7.98. The molecule has 182 valence electrons. The van der Waals surface area contributed by atoms with Gasteiger partial charge in [0.2, 0.25) is 5.91 Å². The number of ether oxygens (including phenoxy) is 1. The molecule has 2 aromatic carbocycles. The Morgan fingerprint density at radius 2 is 1.59 bits per heavy atom. The molecule has 2 amide bonds. The SMILES string of the molecule is CCCCC(NC(=O)OCC1c2ccccc2-c2ccccc21)C(=O)N[C@H](CCSC)C(=O)O. The number of aliphatic carboxylic acids is 1. The van der Waals surface area contributed by atoms with Gasteiger partial charge in [-0.3, -0.25) is 4.79 Å². The van der Waals surface area contributed by atoms with E-state index in [4.69, 9.17) is 4.74 Å². The number of benzene rings is 2. The molecule has 0 aromatic heterocycles. The Labute approximate surface area is 204 Å². The Morgan fingerprint density at radius 3 is 2.15 bits per heavy atom. The highest BCUT2D eigenvalue weighted by Crippen LogP contribution is 2.44. The van der Waals surface area contributed by atoms with Gasteiger partial charge in [0.15, 0.2) is 0 Å². The molecule has 1 aliphatic carbocycles. The second-order valence-corrected chi connectivity index (χ2v) is 9.33. The fourth-order valence-electron chi connectivity index (χ4n) is 4.22. The van der Waals surface area contributed by atoms with Crippen LogP contribution in [0.15, 0.2) is 48.5 Å². The van der Waals surface area contributed by atoms with E-state index in [1.54, 1.807) is 0 Å². The van der Waals surface area contributed by atoms with Crippen LogP contribution in [0, 0.1) is 0 Å². The summed E-state index contributed by atoms with van der Waals surface area (Å²) >= 11 is 1.51. The maximum Gasteiger partial charge on any atom is 0.407 e. The lowest BCUT2D eigenvalue weighted by atomic mass is 9.98. The minimum atomic E-state index is -1.09. The molecular formula is C26H32N2O5S. The molecule has 2 aromatic rings. The zero-order valence-corrected chi connectivity index (χ0v) is 20.4. The summed E-state index contributed by atoms with van der Waals surface area (Å²) in [5.74, 6) is -1.06. The highest BCUT2D eigenvalue weighted by atomic mass is 32.2. The van der Waals surface area contributed by atoms with Crippen LogP contribution in [-0.2, 0) is 14.3 Å². The van der Waals surface area contributed by atoms with E-state index in [9.17, 15) is 19.5 Å². The Hall–Kier alpha value is -3.00. The van der Waals surface area contributed by atoms with Gasteiger partial charge in [0.25, 0.3) is 0 Å². The fraction of sp³-hybridized carbons (Fsp3) is 0.423. The van der Waals surface area contributed by atoms with Gasteiger partial charge in [-0.2, -0.15) is 11.8 Å². The number of carboxylic acids is 1. The van der Waals surface area contributed by atoms with Gasteiger partial charge in [0.05, 0.1) is 0 Å². The summed E-state index contributed by atoms with van der Waals surface area (Å²) in [6, 6.07) is 14.3. The van der Waals surface area contributed by atoms with Crippen LogP contribution in [0.3, 0.4) is 0 Å². The second kappa shape index (κ2) is 12.5. The highest BCUT2D eigenvalue weighted by Gasteiger charge is 2.30. The minimum Gasteiger partial charge on any atom is -0.480 e. The number of fused-ring (bicyclic) bond motifs is 3. The number of hydrogen-bond donors (Lipinski definition) is 3. The van der Waals surface area contributed by atoms with Crippen LogP contribution in [0.25, 0.3) is 11.1 Å². The molecule has 8 heteroatoms. The maximum atomic E-state index is 12.8. The Morgan fingerprint density at radius 1 is 0.971 bits per heavy atom. The molecule has 0 bridgehead atoms. The number of thioether (sulfide) groups is 1. The van der Waals surface area contributed by atoms with Crippen molar-refractivity contribution in [2.45, 2.75) is 50.6 Å². The Kier molecular flexibility index (Phi) is 9.39. The van der Waals surface area contributed by atoms with Gasteiger partial charge in [-0.15, -0.1) is 0 Å². The van der Waals surface area contributed by atoms with Crippen molar-refractivity contribution in [2.75, 3.05) is 18.6 Å². The van der Waals surface area contributed by atoms with Gasteiger partial charge in [-0.05, 0) is 47.1 Å². The molecule has 0 aliphatic heterocycles. The predicted molar refractivity (Wildman–Crippen MR) is 134 cm³/mol. The maximum absolute atomic E-state index is 12.8. The predicted octanol–water partition coefficient (Wildman–Crippen LogP) is 4.41. The first-order valence-corrected chi connectivity index (χ1v) is 13.0. The molecule has 0 saturated carbocycles. The van der Waals surface area contributed by atoms with Crippen LogP contribution < -0.4 is 10.6 Å². The monoisotopic (exact) mass is 484 g/mol. The van der Waals surface area contributed by atoms with E-state index >= 15 is 0 Å². The van der Waals surface area contributed by atoms with Crippen LogP contribution in [0.1, 0.15) is 49.7 Å². The van der Waals surface area contributed by atoms with E-state index < -0.39 is 30.1 Å². The zero-order valence-electron chi connectivity index (χ0n) is 19.6. The first kappa shape index (κ1) is 25.6. The average Bonchev–Trinajstić information content (AvgIpc) is 3.16. The molecule has 3 N–H and O–H groups in total. The van der Waals surface area contributed by atoms with Crippen molar-refractivity contribution < 1.29 is 24.2 Å². The zero-order chi connectivity index (χ0) is 24.5. The Balaban J connectivity index is 1.64. The third-order valence-corrected chi connectivity index (χ3v) is 6.67. The fourth-order valence-corrected chi connectivity index (χ4v) is 4.70. The summed E-state index contributed by atoms with van der Waals surface area (Å²) in [6.45, 7) is 2.13. The van der Waals surface area contributed by atoms with Gasteiger partial charge in [0.1, 0.15) is 18.7 Å². The van der Waals surface area contributed by atoms with Crippen molar-refractivity contribution in [2.24, 2.45) is 0 Å². The molecule has 0 fully saturated rings. The molecule has 1 unspecified atom stereocenters. The van der Waals surface area contributed by atoms with E-state index in [1.165, 1.54) is 11.8 Å². The van der Waals surface area contributed by atoms with Crippen molar-refractivity contribution in [3.05, 3.63) is 59.7 Å². The molecule has 0 radical (unpaired) electrons. The van der Waals surface area contributed by atoms with Gasteiger partial charge in [-0.25, -0.2) is 9.59 Å². The van der Waals surface area contributed by atoms with Crippen LogP contribution in [0.4, 0.5) is 4.79 Å². The van der Waals surface area contributed by atoms with Crippen molar-refractivity contribution in [1.29, 1.82) is 0 Å². The normalized spacial score (nSPS) is 13.9. The molecule has 0 heterocycles. The number of rotatable bonds is 12. The van der Waals surface area contributed by atoms with Gasteiger partial charge in [0, 0.05) is 5.92 Å². The van der Waals surface area contributed by atoms with Gasteiger partial charge < -0.3 is 20.5 Å². The van der Waals surface area contributed by atoms with Crippen molar-refractivity contribution >= 4 is 29.7 Å². The number of carbonyl (C=O) groups is 3. The molecule has 2 atom stereocenters. The van der Waals surface area contributed by atoms with E-state index in [2.05, 4.69) is 22.8 Å². The number of carbonyl (C=O) groups excluding carboxylic acids is 2. The van der Waals surface area contributed by atoms with Crippen molar-refractivity contribution in [3.63, 3.8) is 0 Å². The van der Waals surface area contributed by atoms with E-state index in [1.807, 2.05) is 49.6 Å². The summed E-state index contributed by atoms with van der Waals surface area (Å²) in [6.07, 6.45) is 3.46. The summed E-state index contributed by atoms with van der Waals surface area (Å²) in [5, 5.41) is 14.6. The minimum absolute atomic E-state index is 0.0796. The summed E-state index contributed by atoms with van der Waals surface area (Å²) < 4.78 is 5.57. The number of nitrogens with one attached hydrogen (secondary N) is 2. The van der Waals surface area contributed by atoms with Crippen LogP contribution in [0.5, 0.6) is 0 Å². The molecule has 3 rings (SSSR count). The number of hydrogen-bond acceptors (Lipinski definition) is 5. The summed E-state index contributed by atoms with van der Waals surface area (Å²) in [4.78, 5) is 37.0. The van der Waals surface area contributed by atoms with E-state index in [0.29, 0.717) is 25.0 Å². The van der Waals surface area contributed by atoms with Crippen LogP contribution in [-0.4, -0.2) is 53.8 Å². The van der Waals surface area contributed by atoms with E-state index in [0.717, 1.165) is 28.7 Å². The topological polar surface area (TPSA) is 105 Å². The van der Waals surface area contributed by atoms with Crippen LogP contribution in [0.2, 0.25) is 0 Å². The molecular weight excluding hydrogens is 452 g/mol. The first-order chi connectivity index (χ1) is 16.5. The number of carboxylic acid groups (broad SMARTS) is 1. The van der Waals surface area contributed by atoms with E-state index in [-0.39, 0.29) is 12.5 Å². The lowest BCUT2D eigenvalue weighted by Crippen LogP contribution is -2.51. The van der Waals surface area contributed by atoms with Crippen molar-refractivity contribution in [1.82, 2.24) is 10.6 Å². The lowest BCUT2D eigenvalue weighted by molar-refractivity contribution is -0.142. The second-order valence-electron chi connectivity index (χ2n) is 8.35. The number of amides is 2. The summed E-state index contributed by atoms with van der Waals surface area (Å²) in [7, 11) is 0. The largest absolute Gasteiger partial charge is 0.480 e. The van der Waals surface area contributed by atoms with Crippen LogP contribution >= 0.6 is 11.8 Å². The molecule has 0 saturated heterocycles. The van der Waals surface area contributed by atoms with Crippen molar-refractivity contribution in [3.8, 4) is 11.1 Å². The lowest BCUT2D eigenvalue weighted by Gasteiger charge is -2.22. The quantitative estimate of drug-likeness (QED) is 0.412. The smallest absolute Gasteiger partial charge is 0.407 e. The Bertz CT molecular complexity index is 967. The third-order valence-electron chi connectivity index (χ3n) is 6.02. The third kappa shape index (κ3) is 6.32. The van der Waals surface area contributed by atoms with Gasteiger partial charge >= 0.3 is 12.1 Å². The summed E-state index contributed by atoms with van der Waals surface area (Å²) in [5.41, 5.74) is 4.49. The van der Waals surface area contributed by atoms with Gasteiger partial charge in [-0.1, -0.05) is 68.3 Å². The number of alkyl carbamates (subject to hydrolysis) is 1. The molecule has 7 nitrogen and oxygen atoms in total. The molecule has 1 aliphatic rings. The molecule has 34 heavy (non-hydrogen) atoms.